The number of para-hydroxylation sites is 1. The van der Waals surface area contributed by atoms with E-state index in [0.717, 1.165) is 35.0 Å². The molecule has 0 saturated heterocycles. The van der Waals surface area contributed by atoms with Gasteiger partial charge in [0.2, 0.25) is 0 Å². The first-order valence-corrected chi connectivity index (χ1v) is 9.81. The Balaban J connectivity index is 1.66. The molecule has 0 aliphatic heterocycles. The highest BCUT2D eigenvalue weighted by atomic mass is 16.3. The Labute approximate surface area is 171 Å². The van der Waals surface area contributed by atoms with E-state index in [1.165, 1.54) is 0 Å². The van der Waals surface area contributed by atoms with Crippen molar-refractivity contribution in [3.05, 3.63) is 71.4 Å². The van der Waals surface area contributed by atoms with Crippen molar-refractivity contribution in [2.45, 2.75) is 39.8 Å². The van der Waals surface area contributed by atoms with E-state index >= 15 is 0 Å². The Hall–Kier alpha value is -3.06. The van der Waals surface area contributed by atoms with Gasteiger partial charge in [-0.1, -0.05) is 18.2 Å². The number of hydrogen-bond acceptors (Lipinski definition) is 4. The fraction of sp³-hybridized carbons (Fsp3) is 0.364. The number of aryl methyl sites for hydroxylation is 2. The lowest BCUT2D eigenvalue weighted by Gasteiger charge is -2.24. The molecule has 3 rings (SSSR count). The summed E-state index contributed by atoms with van der Waals surface area (Å²) in [6, 6.07) is 13.8. The Morgan fingerprint density at radius 2 is 1.97 bits per heavy atom. The molecule has 0 aliphatic rings. The van der Waals surface area contributed by atoms with Crippen molar-refractivity contribution >= 4 is 5.96 Å². The van der Waals surface area contributed by atoms with E-state index in [0.29, 0.717) is 19.0 Å². The summed E-state index contributed by atoms with van der Waals surface area (Å²) < 4.78 is 7.39. The quantitative estimate of drug-likeness (QED) is 0.423. The van der Waals surface area contributed by atoms with Gasteiger partial charge in [-0.25, -0.2) is 9.67 Å². The zero-order chi connectivity index (χ0) is 20.9. The lowest BCUT2D eigenvalue weighted by Crippen LogP contribution is -2.44. The van der Waals surface area contributed by atoms with Gasteiger partial charge in [0.05, 0.1) is 24.5 Å². The molecule has 0 spiro atoms. The van der Waals surface area contributed by atoms with E-state index in [2.05, 4.69) is 20.7 Å². The Kier molecular flexibility index (Phi) is 6.39. The van der Waals surface area contributed by atoms with Crippen molar-refractivity contribution in [2.75, 3.05) is 13.1 Å². The van der Waals surface area contributed by atoms with E-state index in [1.54, 1.807) is 6.92 Å². The maximum absolute atomic E-state index is 10.9. The number of furan rings is 1. The number of aromatic nitrogens is 2. The summed E-state index contributed by atoms with van der Waals surface area (Å²) in [5.74, 6) is 2.13. The van der Waals surface area contributed by atoms with Crippen LogP contribution >= 0.6 is 0 Å². The molecule has 7 heteroatoms. The normalized spacial score (nSPS) is 13.9. The van der Waals surface area contributed by atoms with E-state index in [4.69, 9.17) is 4.42 Å². The molecule has 0 radical (unpaired) electrons. The number of guanidine groups is 1. The number of benzene rings is 1. The largest absolute Gasteiger partial charge is 0.466 e. The van der Waals surface area contributed by atoms with E-state index in [9.17, 15) is 5.11 Å². The third kappa shape index (κ3) is 5.26. The SMILES string of the molecule is CCNC(=NCc1ccn(-c2ccccc2)n1)NCC(C)(O)c1cc(C)oc1C. The van der Waals surface area contributed by atoms with Gasteiger partial charge in [-0.15, -0.1) is 0 Å². The van der Waals surface area contributed by atoms with Crippen LogP contribution in [-0.2, 0) is 12.1 Å². The van der Waals surface area contributed by atoms with Crippen LogP contribution < -0.4 is 10.6 Å². The summed E-state index contributed by atoms with van der Waals surface area (Å²) in [6.07, 6.45) is 1.93. The van der Waals surface area contributed by atoms with Crippen molar-refractivity contribution < 1.29 is 9.52 Å². The van der Waals surface area contributed by atoms with Crippen LogP contribution in [0.3, 0.4) is 0 Å². The van der Waals surface area contributed by atoms with Gasteiger partial charge in [0.15, 0.2) is 5.96 Å². The predicted octanol–water partition coefficient (Wildman–Crippen LogP) is 3.04. The van der Waals surface area contributed by atoms with Gasteiger partial charge in [0.25, 0.3) is 0 Å². The van der Waals surface area contributed by atoms with Crippen molar-refractivity contribution in [1.29, 1.82) is 0 Å². The molecular weight excluding hydrogens is 366 g/mol. The van der Waals surface area contributed by atoms with Crippen LogP contribution in [0.25, 0.3) is 5.69 Å². The van der Waals surface area contributed by atoms with Crippen LogP contribution in [0.2, 0.25) is 0 Å². The smallest absolute Gasteiger partial charge is 0.191 e. The molecule has 3 aromatic rings. The van der Waals surface area contributed by atoms with Crippen LogP contribution in [0.5, 0.6) is 0 Å². The molecule has 1 aromatic carbocycles. The Morgan fingerprint density at radius 3 is 2.62 bits per heavy atom. The molecule has 0 amide bonds. The first-order valence-electron chi connectivity index (χ1n) is 9.81. The van der Waals surface area contributed by atoms with Gasteiger partial charge >= 0.3 is 0 Å². The molecule has 7 nitrogen and oxygen atoms in total. The summed E-state index contributed by atoms with van der Waals surface area (Å²) in [4.78, 5) is 4.60. The topological polar surface area (TPSA) is 87.6 Å². The molecule has 29 heavy (non-hydrogen) atoms. The molecule has 1 atom stereocenters. The van der Waals surface area contributed by atoms with Crippen LogP contribution in [0.1, 0.15) is 36.6 Å². The van der Waals surface area contributed by atoms with Crippen molar-refractivity contribution in [2.24, 2.45) is 4.99 Å². The van der Waals surface area contributed by atoms with Crippen LogP contribution in [0, 0.1) is 13.8 Å². The van der Waals surface area contributed by atoms with Crippen molar-refractivity contribution in [1.82, 2.24) is 20.4 Å². The minimum atomic E-state index is -1.08. The van der Waals surface area contributed by atoms with Crippen LogP contribution in [0.4, 0.5) is 0 Å². The number of rotatable bonds is 7. The van der Waals surface area contributed by atoms with Crippen molar-refractivity contribution in [3.63, 3.8) is 0 Å². The summed E-state index contributed by atoms with van der Waals surface area (Å²) in [7, 11) is 0. The first-order chi connectivity index (χ1) is 13.9. The molecule has 0 fully saturated rings. The van der Waals surface area contributed by atoms with E-state index in [-0.39, 0.29) is 0 Å². The number of hydrogen-bond donors (Lipinski definition) is 3. The molecule has 2 heterocycles. The standard InChI is InChI=1S/C22H29N5O2/c1-5-23-21(25-15-22(4,28)20-13-16(2)29-17(20)3)24-14-18-11-12-27(26-18)19-9-7-6-8-10-19/h6-13,28H,5,14-15H2,1-4H3,(H2,23,24,25). The fourth-order valence-electron chi connectivity index (χ4n) is 3.19. The minimum absolute atomic E-state index is 0.303. The lowest BCUT2D eigenvalue weighted by atomic mass is 9.96. The molecule has 2 aromatic heterocycles. The predicted molar refractivity (Wildman–Crippen MR) is 114 cm³/mol. The van der Waals surface area contributed by atoms with Gasteiger partial charge < -0.3 is 20.2 Å². The van der Waals surface area contributed by atoms with Gasteiger partial charge in [-0.05, 0) is 52.0 Å². The number of aliphatic hydroxyl groups is 1. The third-order valence-electron chi connectivity index (χ3n) is 4.63. The summed E-state index contributed by atoms with van der Waals surface area (Å²) in [5.41, 5.74) is 1.57. The van der Waals surface area contributed by atoms with Crippen molar-refractivity contribution in [3.8, 4) is 5.69 Å². The zero-order valence-corrected chi connectivity index (χ0v) is 17.4. The third-order valence-corrected chi connectivity index (χ3v) is 4.63. The average molecular weight is 396 g/mol. The molecule has 3 N–H and O–H groups in total. The average Bonchev–Trinajstić information content (AvgIpc) is 3.31. The first kappa shape index (κ1) is 20.7. The second kappa shape index (κ2) is 8.96. The van der Waals surface area contributed by atoms with Gasteiger partial charge in [0.1, 0.15) is 17.1 Å². The van der Waals surface area contributed by atoms with Gasteiger partial charge in [0, 0.05) is 18.3 Å². The maximum atomic E-state index is 10.9. The monoisotopic (exact) mass is 395 g/mol. The molecule has 0 bridgehead atoms. The Bertz CT molecular complexity index is 957. The molecule has 0 saturated carbocycles. The van der Waals surface area contributed by atoms with E-state index < -0.39 is 5.60 Å². The second-order valence-electron chi connectivity index (χ2n) is 7.24. The van der Waals surface area contributed by atoms with Crippen LogP contribution in [0.15, 0.2) is 58.1 Å². The summed E-state index contributed by atoms with van der Waals surface area (Å²) in [6.45, 7) is 8.96. The second-order valence-corrected chi connectivity index (χ2v) is 7.24. The number of nitrogens with one attached hydrogen (secondary N) is 2. The number of aliphatic imine (C=N–C) groups is 1. The molecule has 154 valence electrons. The summed E-state index contributed by atoms with van der Waals surface area (Å²) in [5, 5.41) is 21.9. The van der Waals surface area contributed by atoms with Gasteiger partial charge in [-0.3, -0.25) is 0 Å². The Morgan fingerprint density at radius 1 is 1.21 bits per heavy atom. The fourth-order valence-corrected chi connectivity index (χ4v) is 3.19. The highest BCUT2D eigenvalue weighted by Crippen LogP contribution is 2.26. The highest BCUT2D eigenvalue weighted by Gasteiger charge is 2.27. The van der Waals surface area contributed by atoms with Gasteiger partial charge in [-0.2, -0.15) is 5.10 Å². The van der Waals surface area contributed by atoms with Crippen LogP contribution in [-0.4, -0.2) is 33.9 Å². The number of nitrogens with zero attached hydrogens (tertiary/aromatic N) is 3. The minimum Gasteiger partial charge on any atom is -0.466 e. The highest BCUT2D eigenvalue weighted by molar-refractivity contribution is 5.79. The van der Waals surface area contributed by atoms with E-state index in [1.807, 2.05) is 74.1 Å². The lowest BCUT2D eigenvalue weighted by molar-refractivity contribution is 0.0601. The zero-order valence-electron chi connectivity index (χ0n) is 17.4. The molecular formula is C22H29N5O2. The maximum Gasteiger partial charge on any atom is 0.191 e. The summed E-state index contributed by atoms with van der Waals surface area (Å²) >= 11 is 0. The molecule has 0 aliphatic carbocycles. The molecule has 1 unspecified atom stereocenters.